The van der Waals surface area contributed by atoms with Crippen LogP contribution < -0.4 is 0 Å². The molecule has 1 aromatic rings. The predicted molar refractivity (Wildman–Crippen MR) is 60.3 cm³/mol. The number of rotatable bonds is 2. The van der Waals surface area contributed by atoms with Gasteiger partial charge in [0.1, 0.15) is 0 Å². The fourth-order valence-electron chi connectivity index (χ4n) is 2.27. The number of hydrogen-bond acceptors (Lipinski definition) is 2. The summed E-state index contributed by atoms with van der Waals surface area (Å²) in [6, 6.07) is 2.12. The van der Waals surface area contributed by atoms with Gasteiger partial charge in [-0.25, -0.2) is 0 Å². The molecule has 0 aliphatic heterocycles. The minimum absolute atomic E-state index is 0.211. The number of thiophene rings is 1. The first-order valence-corrected chi connectivity index (χ1v) is 6.11. The van der Waals surface area contributed by atoms with Crippen LogP contribution in [0, 0.1) is 6.92 Å². The average molecular weight is 208 g/mol. The van der Waals surface area contributed by atoms with Crippen LogP contribution >= 0.6 is 11.3 Å². The Morgan fingerprint density at radius 1 is 1.43 bits per heavy atom. The van der Waals surface area contributed by atoms with Gasteiger partial charge in [-0.15, -0.1) is 11.3 Å². The van der Waals surface area contributed by atoms with E-state index < -0.39 is 0 Å². The molecule has 1 saturated carbocycles. The first-order chi connectivity index (χ1) is 6.68. The lowest BCUT2D eigenvalue weighted by molar-refractivity contribution is 0.101. The van der Waals surface area contributed by atoms with E-state index in [1.807, 2.05) is 11.3 Å². The molecule has 1 nitrogen and oxygen atoms in total. The van der Waals surface area contributed by atoms with Crippen molar-refractivity contribution in [3.63, 3.8) is 0 Å². The summed E-state index contributed by atoms with van der Waals surface area (Å²) in [5, 5.41) is 0. The van der Waals surface area contributed by atoms with E-state index >= 15 is 0 Å². The molecule has 0 atom stereocenters. The second-order valence-electron chi connectivity index (χ2n) is 4.16. The van der Waals surface area contributed by atoms with Crippen LogP contribution in [0.2, 0.25) is 0 Å². The second kappa shape index (κ2) is 3.85. The summed E-state index contributed by atoms with van der Waals surface area (Å²) < 4.78 is 0. The number of carbonyl (C=O) groups excluding carboxylic acids is 1. The van der Waals surface area contributed by atoms with Crippen LogP contribution in [0.25, 0.3) is 0 Å². The highest BCUT2D eigenvalue weighted by Gasteiger charge is 2.20. The van der Waals surface area contributed by atoms with Crippen molar-refractivity contribution in [3.8, 4) is 0 Å². The Hall–Kier alpha value is -0.630. The summed E-state index contributed by atoms with van der Waals surface area (Å²) in [5.41, 5.74) is 0.942. The highest BCUT2D eigenvalue weighted by atomic mass is 32.1. The van der Waals surface area contributed by atoms with Gasteiger partial charge in [0.2, 0.25) is 0 Å². The first-order valence-electron chi connectivity index (χ1n) is 5.29. The number of ketones is 1. The number of carbonyl (C=O) groups is 1. The van der Waals surface area contributed by atoms with Crippen LogP contribution in [-0.2, 0) is 0 Å². The van der Waals surface area contributed by atoms with Crippen molar-refractivity contribution >= 4 is 17.1 Å². The monoisotopic (exact) mass is 208 g/mol. The molecule has 2 heteroatoms. The smallest absolute Gasteiger partial charge is 0.160 e. The van der Waals surface area contributed by atoms with Crippen molar-refractivity contribution in [2.45, 2.75) is 45.4 Å². The SMILES string of the molecule is CC(=O)c1cc(C2CCCC2)sc1C. The maximum atomic E-state index is 11.3. The van der Waals surface area contributed by atoms with Crippen LogP contribution in [0.4, 0.5) is 0 Å². The van der Waals surface area contributed by atoms with E-state index in [1.54, 1.807) is 6.92 Å². The Kier molecular flexibility index (Phi) is 2.73. The van der Waals surface area contributed by atoms with Gasteiger partial charge < -0.3 is 0 Å². The Balaban J connectivity index is 2.27. The third-order valence-corrected chi connectivity index (χ3v) is 4.29. The van der Waals surface area contributed by atoms with E-state index in [4.69, 9.17) is 0 Å². The maximum absolute atomic E-state index is 11.3. The molecule has 1 aliphatic rings. The van der Waals surface area contributed by atoms with E-state index in [0.717, 1.165) is 11.5 Å². The molecule has 0 radical (unpaired) electrons. The molecule has 1 fully saturated rings. The summed E-state index contributed by atoms with van der Waals surface area (Å²) in [4.78, 5) is 13.9. The van der Waals surface area contributed by atoms with E-state index in [2.05, 4.69) is 13.0 Å². The molecule has 0 unspecified atom stereocenters. The minimum Gasteiger partial charge on any atom is -0.294 e. The fourth-order valence-corrected chi connectivity index (χ4v) is 3.51. The molecule has 1 heterocycles. The molecule has 76 valence electrons. The lowest BCUT2D eigenvalue weighted by atomic mass is 10.0. The van der Waals surface area contributed by atoms with Crippen molar-refractivity contribution < 1.29 is 4.79 Å². The van der Waals surface area contributed by atoms with Crippen molar-refractivity contribution in [1.82, 2.24) is 0 Å². The summed E-state index contributed by atoms with van der Waals surface area (Å²) in [6.07, 6.45) is 5.35. The molecule has 1 aromatic heterocycles. The molecule has 0 spiro atoms. The van der Waals surface area contributed by atoms with Crippen LogP contribution in [0.1, 0.15) is 58.6 Å². The van der Waals surface area contributed by atoms with Crippen molar-refractivity contribution in [3.05, 3.63) is 21.4 Å². The summed E-state index contributed by atoms with van der Waals surface area (Å²) in [5.74, 6) is 0.954. The van der Waals surface area contributed by atoms with E-state index in [9.17, 15) is 4.79 Å². The first kappa shape index (κ1) is 9.91. The predicted octanol–water partition coefficient (Wildman–Crippen LogP) is 3.92. The normalized spacial score (nSPS) is 17.6. The van der Waals surface area contributed by atoms with Gasteiger partial charge >= 0.3 is 0 Å². The third kappa shape index (κ3) is 1.76. The van der Waals surface area contributed by atoms with Gasteiger partial charge in [-0.2, -0.15) is 0 Å². The topological polar surface area (TPSA) is 17.1 Å². The summed E-state index contributed by atoms with van der Waals surface area (Å²) >= 11 is 1.82. The maximum Gasteiger partial charge on any atom is 0.160 e. The lowest BCUT2D eigenvalue weighted by Crippen LogP contribution is -1.91. The third-order valence-electron chi connectivity index (χ3n) is 3.07. The molecule has 1 aliphatic carbocycles. The Labute approximate surface area is 89.1 Å². The molecule has 14 heavy (non-hydrogen) atoms. The van der Waals surface area contributed by atoms with Gasteiger partial charge in [-0.05, 0) is 38.7 Å². The average Bonchev–Trinajstić information content (AvgIpc) is 2.70. The van der Waals surface area contributed by atoms with E-state index in [0.29, 0.717) is 0 Å². The van der Waals surface area contributed by atoms with Crippen molar-refractivity contribution in [2.24, 2.45) is 0 Å². The van der Waals surface area contributed by atoms with E-state index in [-0.39, 0.29) is 5.78 Å². The molecule has 0 bridgehead atoms. The Morgan fingerprint density at radius 3 is 2.57 bits per heavy atom. The molecule has 0 saturated heterocycles. The quantitative estimate of drug-likeness (QED) is 0.673. The number of aryl methyl sites for hydroxylation is 1. The zero-order chi connectivity index (χ0) is 10.1. The van der Waals surface area contributed by atoms with Crippen LogP contribution in [0.15, 0.2) is 6.07 Å². The molecule has 0 N–H and O–H groups in total. The van der Waals surface area contributed by atoms with Gasteiger partial charge in [-0.3, -0.25) is 4.79 Å². The standard InChI is InChI=1S/C12H16OS/c1-8(13)11-7-12(14-9(11)2)10-5-3-4-6-10/h7,10H,3-6H2,1-2H3. The van der Waals surface area contributed by atoms with Gasteiger partial charge in [0.05, 0.1) is 0 Å². The summed E-state index contributed by atoms with van der Waals surface area (Å²) in [6.45, 7) is 3.72. The Morgan fingerprint density at radius 2 is 2.07 bits per heavy atom. The molecule has 0 aromatic carbocycles. The fraction of sp³-hybridized carbons (Fsp3) is 0.583. The summed E-state index contributed by atoms with van der Waals surface area (Å²) in [7, 11) is 0. The van der Waals surface area contributed by atoms with Gasteiger partial charge in [0.15, 0.2) is 5.78 Å². The molecular formula is C12H16OS. The van der Waals surface area contributed by atoms with Crippen molar-refractivity contribution in [1.29, 1.82) is 0 Å². The van der Waals surface area contributed by atoms with Crippen LogP contribution in [0.3, 0.4) is 0 Å². The molecule has 0 amide bonds. The van der Waals surface area contributed by atoms with Gasteiger partial charge in [0.25, 0.3) is 0 Å². The highest BCUT2D eigenvalue weighted by Crippen LogP contribution is 2.38. The zero-order valence-electron chi connectivity index (χ0n) is 8.80. The van der Waals surface area contributed by atoms with Crippen LogP contribution in [0.5, 0.6) is 0 Å². The molecule has 2 rings (SSSR count). The highest BCUT2D eigenvalue weighted by molar-refractivity contribution is 7.12. The van der Waals surface area contributed by atoms with Crippen LogP contribution in [-0.4, -0.2) is 5.78 Å². The minimum atomic E-state index is 0.211. The van der Waals surface area contributed by atoms with Crippen molar-refractivity contribution in [2.75, 3.05) is 0 Å². The molecular weight excluding hydrogens is 192 g/mol. The second-order valence-corrected chi connectivity index (χ2v) is 5.44. The number of Topliss-reactive ketones (excluding diaryl/α,β-unsaturated/α-hetero) is 1. The van der Waals surface area contributed by atoms with Gasteiger partial charge in [0, 0.05) is 15.3 Å². The lowest BCUT2D eigenvalue weighted by Gasteiger charge is -2.03. The number of hydrogen-bond donors (Lipinski definition) is 0. The van der Waals surface area contributed by atoms with Gasteiger partial charge in [-0.1, -0.05) is 12.8 Å². The van der Waals surface area contributed by atoms with E-state index in [1.165, 1.54) is 35.4 Å². The largest absolute Gasteiger partial charge is 0.294 e. The Bertz CT molecular complexity index is 345. The zero-order valence-corrected chi connectivity index (χ0v) is 9.62.